The van der Waals surface area contributed by atoms with E-state index in [1.165, 1.54) is 23.5 Å². The lowest BCUT2D eigenvalue weighted by Crippen LogP contribution is -2.16. The molecule has 0 aliphatic rings. The summed E-state index contributed by atoms with van der Waals surface area (Å²) in [6, 6.07) is 9.80. The van der Waals surface area contributed by atoms with Crippen LogP contribution in [0.4, 0.5) is 9.39 Å². The van der Waals surface area contributed by atoms with Gasteiger partial charge in [0, 0.05) is 22.8 Å². The van der Waals surface area contributed by atoms with Crippen LogP contribution in [0, 0.1) is 19.7 Å². The van der Waals surface area contributed by atoms with Gasteiger partial charge in [-0.25, -0.2) is 14.2 Å². The number of carbonyl (C=O) groups excluding carboxylic acids is 2. The lowest BCUT2D eigenvalue weighted by molar-refractivity contribution is -0.115. The minimum atomic E-state index is -0.533. The largest absolute Gasteiger partial charge is 0.462 e. The lowest BCUT2D eigenvalue weighted by atomic mass is 10.0. The molecule has 6 nitrogen and oxygen atoms in total. The van der Waals surface area contributed by atoms with Gasteiger partial charge in [0.05, 0.1) is 18.7 Å². The third-order valence-corrected chi connectivity index (χ3v) is 5.98. The fraction of sp³-hybridized carbons (Fsp3) is 0.208. The summed E-state index contributed by atoms with van der Waals surface area (Å²) < 4.78 is 20.5. The van der Waals surface area contributed by atoms with Crippen molar-refractivity contribution in [2.24, 2.45) is 0 Å². The number of amides is 1. The van der Waals surface area contributed by atoms with Gasteiger partial charge < -0.3 is 14.5 Å². The van der Waals surface area contributed by atoms with Crippen LogP contribution in [0.15, 0.2) is 48.8 Å². The number of benzene rings is 1. The average molecular weight is 452 g/mol. The summed E-state index contributed by atoms with van der Waals surface area (Å²) in [4.78, 5) is 30.9. The van der Waals surface area contributed by atoms with Gasteiger partial charge in [-0.2, -0.15) is 0 Å². The van der Waals surface area contributed by atoms with Gasteiger partial charge in [0.15, 0.2) is 0 Å². The molecule has 1 N–H and O–H groups in total. The van der Waals surface area contributed by atoms with Crippen molar-refractivity contribution < 1.29 is 18.7 Å². The van der Waals surface area contributed by atoms with Crippen LogP contribution in [0.25, 0.3) is 16.8 Å². The van der Waals surface area contributed by atoms with Crippen molar-refractivity contribution in [3.8, 4) is 11.1 Å². The Bertz CT molecular complexity index is 1310. The zero-order valence-corrected chi connectivity index (χ0v) is 18.8. The Morgan fingerprint density at radius 2 is 1.94 bits per heavy atom. The number of hydrogen-bond acceptors (Lipinski definition) is 5. The van der Waals surface area contributed by atoms with Crippen LogP contribution in [-0.4, -0.2) is 27.9 Å². The maximum absolute atomic E-state index is 13.4. The van der Waals surface area contributed by atoms with E-state index in [1.54, 1.807) is 19.1 Å². The fourth-order valence-corrected chi connectivity index (χ4v) is 4.63. The first-order valence-corrected chi connectivity index (χ1v) is 11.0. The van der Waals surface area contributed by atoms with E-state index in [2.05, 4.69) is 10.3 Å². The summed E-state index contributed by atoms with van der Waals surface area (Å²) in [6.45, 7) is 5.75. The second kappa shape index (κ2) is 8.92. The molecular formula is C24H22FN3O3S. The summed E-state index contributed by atoms with van der Waals surface area (Å²) in [5.74, 6) is -1.19. The standard InChI is InChI=1S/C24H22FN3O3S/c1-4-31-24(30)22-21(16-5-7-17(25)8-6-16)15(3)32-23(22)27-20(29)12-18-13-28-10-9-14(2)11-19(28)26-18/h5-11,13H,4,12H2,1-3H3,(H,27,29). The van der Waals surface area contributed by atoms with E-state index < -0.39 is 5.97 Å². The Balaban J connectivity index is 1.64. The Kier molecular flexibility index (Phi) is 6.05. The van der Waals surface area contributed by atoms with Crippen molar-refractivity contribution >= 4 is 33.9 Å². The molecule has 0 saturated carbocycles. The summed E-state index contributed by atoms with van der Waals surface area (Å²) in [5, 5.41) is 3.26. The molecule has 32 heavy (non-hydrogen) atoms. The lowest BCUT2D eigenvalue weighted by Gasteiger charge is -2.09. The number of ether oxygens (including phenoxy) is 1. The molecule has 0 radical (unpaired) electrons. The molecular weight excluding hydrogens is 429 g/mol. The van der Waals surface area contributed by atoms with E-state index in [9.17, 15) is 14.0 Å². The maximum atomic E-state index is 13.4. The van der Waals surface area contributed by atoms with Crippen molar-refractivity contribution in [3.63, 3.8) is 0 Å². The number of rotatable bonds is 6. The zero-order valence-electron chi connectivity index (χ0n) is 17.9. The molecule has 0 spiro atoms. The molecule has 0 fully saturated rings. The smallest absolute Gasteiger partial charge is 0.341 e. The molecule has 0 bridgehead atoms. The van der Waals surface area contributed by atoms with Gasteiger partial charge in [-0.1, -0.05) is 12.1 Å². The molecule has 3 heterocycles. The number of carbonyl (C=O) groups is 2. The van der Waals surface area contributed by atoms with Gasteiger partial charge in [0.2, 0.25) is 5.91 Å². The topological polar surface area (TPSA) is 72.7 Å². The van der Waals surface area contributed by atoms with Crippen LogP contribution in [-0.2, 0) is 16.0 Å². The number of thiophene rings is 1. The molecule has 0 atom stereocenters. The molecule has 4 rings (SSSR count). The first-order valence-electron chi connectivity index (χ1n) is 10.2. The number of fused-ring (bicyclic) bond motifs is 1. The predicted molar refractivity (Wildman–Crippen MR) is 123 cm³/mol. The van der Waals surface area contributed by atoms with Crippen LogP contribution in [0.2, 0.25) is 0 Å². The first-order chi connectivity index (χ1) is 15.4. The number of aryl methyl sites for hydroxylation is 2. The van der Waals surface area contributed by atoms with E-state index in [0.29, 0.717) is 21.8 Å². The SMILES string of the molecule is CCOC(=O)c1c(NC(=O)Cc2cn3ccc(C)cc3n2)sc(C)c1-c1ccc(F)cc1. The summed E-state index contributed by atoms with van der Waals surface area (Å²) in [7, 11) is 0. The van der Waals surface area contributed by atoms with Gasteiger partial charge in [0.1, 0.15) is 22.0 Å². The van der Waals surface area contributed by atoms with E-state index in [-0.39, 0.29) is 30.3 Å². The van der Waals surface area contributed by atoms with Crippen LogP contribution in [0.1, 0.15) is 33.4 Å². The minimum Gasteiger partial charge on any atom is -0.462 e. The van der Waals surface area contributed by atoms with Crippen molar-refractivity contribution in [2.75, 3.05) is 11.9 Å². The third-order valence-electron chi connectivity index (χ3n) is 4.96. The van der Waals surface area contributed by atoms with E-state index in [4.69, 9.17) is 4.74 Å². The monoisotopic (exact) mass is 451 g/mol. The van der Waals surface area contributed by atoms with Crippen LogP contribution >= 0.6 is 11.3 Å². The zero-order chi connectivity index (χ0) is 22.8. The molecule has 0 saturated heterocycles. The average Bonchev–Trinajstić information content (AvgIpc) is 3.28. The molecule has 4 aromatic rings. The normalized spacial score (nSPS) is 11.0. The summed E-state index contributed by atoms with van der Waals surface area (Å²) in [5.41, 5.74) is 4.07. The highest BCUT2D eigenvalue weighted by molar-refractivity contribution is 7.17. The van der Waals surface area contributed by atoms with Gasteiger partial charge in [-0.3, -0.25) is 4.79 Å². The van der Waals surface area contributed by atoms with E-state index >= 15 is 0 Å². The number of imidazole rings is 1. The number of esters is 1. The van der Waals surface area contributed by atoms with Crippen LogP contribution in [0.5, 0.6) is 0 Å². The fourth-order valence-electron chi connectivity index (χ4n) is 3.55. The summed E-state index contributed by atoms with van der Waals surface area (Å²) >= 11 is 1.29. The number of nitrogens with zero attached hydrogens (tertiary/aromatic N) is 2. The number of hydrogen-bond donors (Lipinski definition) is 1. The Morgan fingerprint density at radius 3 is 2.66 bits per heavy atom. The number of nitrogens with one attached hydrogen (secondary N) is 1. The van der Waals surface area contributed by atoms with Crippen molar-refractivity contribution in [1.29, 1.82) is 0 Å². The molecule has 164 valence electrons. The number of halogens is 1. The minimum absolute atomic E-state index is 0.0613. The summed E-state index contributed by atoms with van der Waals surface area (Å²) in [6.07, 6.45) is 3.77. The molecule has 0 aliphatic heterocycles. The maximum Gasteiger partial charge on any atom is 0.341 e. The third kappa shape index (κ3) is 4.40. The number of pyridine rings is 1. The number of anilines is 1. The van der Waals surface area contributed by atoms with Gasteiger partial charge >= 0.3 is 5.97 Å². The number of aromatic nitrogens is 2. The van der Waals surface area contributed by atoms with Crippen molar-refractivity contribution in [2.45, 2.75) is 27.2 Å². The molecule has 1 aromatic carbocycles. The second-order valence-corrected chi connectivity index (χ2v) is 8.62. The highest BCUT2D eigenvalue weighted by atomic mass is 32.1. The molecule has 0 aliphatic carbocycles. The highest BCUT2D eigenvalue weighted by Crippen LogP contribution is 2.40. The van der Waals surface area contributed by atoms with Crippen LogP contribution < -0.4 is 5.32 Å². The van der Waals surface area contributed by atoms with Gasteiger partial charge in [-0.05, 0) is 56.2 Å². The quantitative estimate of drug-likeness (QED) is 0.410. The predicted octanol–water partition coefficient (Wildman–Crippen LogP) is 5.18. The highest BCUT2D eigenvalue weighted by Gasteiger charge is 2.25. The van der Waals surface area contributed by atoms with Gasteiger partial charge in [-0.15, -0.1) is 11.3 Å². The second-order valence-electron chi connectivity index (χ2n) is 7.39. The van der Waals surface area contributed by atoms with Gasteiger partial charge in [0.25, 0.3) is 0 Å². The van der Waals surface area contributed by atoms with Crippen molar-refractivity contribution in [1.82, 2.24) is 9.38 Å². The van der Waals surface area contributed by atoms with E-state index in [0.717, 1.165) is 16.1 Å². The molecule has 8 heteroatoms. The Labute approximate surface area is 188 Å². The van der Waals surface area contributed by atoms with Crippen LogP contribution in [0.3, 0.4) is 0 Å². The Hall–Kier alpha value is -3.52. The van der Waals surface area contributed by atoms with E-state index in [1.807, 2.05) is 42.8 Å². The molecule has 1 amide bonds. The molecule has 3 aromatic heterocycles. The van der Waals surface area contributed by atoms with Crippen molar-refractivity contribution in [3.05, 3.63) is 76.3 Å². The first kappa shape index (κ1) is 21.7. The Morgan fingerprint density at radius 1 is 1.19 bits per heavy atom. The molecule has 0 unspecified atom stereocenters.